The van der Waals surface area contributed by atoms with Crippen LogP contribution in [0.4, 0.5) is 0 Å². The molecule has 5 nitrogen and oxygen atoms in total. The van der Waals surface area contributed by atoms with Crippen molar-refractivity contribution in [3.8, 4) is 5.88 Å². The average Bonchev–Trinajstić information content (AvgIpc) is 3.01. The Labute approximate surface area is 122 Å². The molecule has 2 N–H and O–H groups in total. The molecule has 2 aromatic heterocycles. The third-order valence-corrected chi connectivity index (χ3v) is 3.31. The second-order valence-electron chi connectivity index (χ2n) is 4.60. The van der Waals surface area contributed by atoms with E-state index in [1.807, 2.05) is 36.5 Å². The van der Waals surface area contributed by atoms with Crippen molar-refractivity contribution < 1.29 is 9.53 Å². The molecule has 1 aromatic carbocycles. The Kier molecular flexibility index (Phi) is 3.55. The number of aromatic nitrogens is 2. The number of ether oxygens (including phenoxy) is 1. The van der Waals surface area contributed by atoms with Crippen LogP contribution in [0.5, 0.6) is 5.88 Å². The summed E-state index contributed by atoms with van der Waals surface area (Å²) in [5.74, 6) is 0.393. The van der Waals surface area contributed by atoms with Crippen molar-refractivity contribution >= 4 is 16.8 Å². The van der Waals surface area contributed by atoms with Crippen LogP contribution in [0.1, 0.15) is 15.9 Å². The maximum atomic E-state index is 12.3. The molecule has 21 heavy (non-hydrogen) atoms. The Hall–Kier alpha value is -2.82. The lowest BCUT2D eigenvalue weighted by molar-refractivity contribution is 0.0952. The number of rotatable bonds is 4. The summed E-state index contributed by atoms with van der Waals surface area (Å²) in [6.45, 7) is 0.368. The number of nitrogens with zero attached hydrogens (tertiary/aromatic N) is 1. The second kappa shape index (κ2) is 5.66. The molecule has 2 heterocycles. The molecule has 0 saturated heterocycles. The fourth-order valence-electron chi connectivity index (χ4n) is 2.29. The van der Waals surface area contributed by atoms with E-state index in [-0.39, 0.29) is 5.91 Å². The van der Waals surface area contributed by atoms with Crippen LogP contribution < -0.4 is 10.1 Å². The summed E-state index contributed by atoms with van der Waals surface area (Å²) in [5.41, 5.74) is 2.31. The quantitative estimate of drug-likeness (QED) is 0.772. The number of aromatic amines is 1. The number of hydrogen-bond donors (Lipinski definition) is 2. The summed E-state index contributed by atoms with van der Waals surface area (Å²) in [7, 11) is 1.56. The van der Waals surface area contributed by atoms with Gasteiger partial charge in [-0.05, 0) is 18.2 Å². The minimum atomic E-state index is -0.131. The number of carbonyl (C=O) groups excluding carboxylic acids is 1. The summed E-state index contributed by atoms with van der Waals surface area (Å²) in [6, 6.07) is 11.3. The van der Waals surface area contributed by atoms with Gasteiger partial charge >= 0.3 is 0 Å². The molecule has 0 bridgehead atoms. The highest BCUT2D eigenvalue weighted by atomic mass is 16.5. The van der Waals surface area contributed by atoms with E-state index >= 15 is 0 Å². The van der Waals surface area contributed by atoms with Crippen molar-refractivity contribution in [1.29, 1.82) is 0 Å². The first kappa shape index (κ1) is 13.2. The summed E-state index contributed by atoms with van der Waals surface area (Å²) < 4.78 is 5.17. The average molecular weight is 281 g/mol. The molecule has 3 rings (SSSR count). The summed E-state index contributed by atoms with van der Waals surface area (Å²) >= 11 is 0. The van der Waals surface area contributed by atoms with E-state index in [1.165, 1.54) is 0 Å². The van der Waals surface area contributed by atoms with Gasteiger partial charge in [-0.15, -0.1) is 0 Å². The largest absolute Gasteiger partial charge is 0.481 e. The van der Waals surface area contributed by atoms with Crippen molar-refractivity contribution in [1.82, 2.24) is 15.3 Å². The first-order valence-electron chi connectivity index (χ1n) is 6.62. The summed E-state index contributed by atoms with van der Waals surface area (Å²) in [6.07, 6.45) is 3.48. The number of H-pyrrole nitrogens is 1. The molecule has 106 valence electrons. The van der Waals surface area contributed by atoms with Crippen molar-refractivity contribution in [3.05, 3.63) is 59.9 Å². The number of methoxy groups -OCH3 is 1. The fourth-order valence-corrected chi connectivity index (χ4v) is 2.29. The van der Waals surface area contributed by atoms with Crippen LogP contribution in [-0.4, -0.2) is 23.0 Å². The van der Waals surface area contributed by atoms with Crippen LogP contribution in [-0.2, 0) is 6.54 Å². The molecule has 0 radical (unpaired) electrons. The Morgan fingerprint density at radius 2 is 2.19 bits per heavy atom. The molecule has 0 aliphatic heterocycles. The zero-order valence-electron chi connectivity index (χ0n) is 11.6. The zero-order valence-corrected chi connectivity index (χ0v) is 11.6. The monoisotopic (exact) mass is 281 g/mol. The molecular formula is C16H15N3O2. The smallest absolute Gasteiger partial charge is 0.253 e. The van der Waals surface area contributed by atoms with Gasteiger partial charge in [-0.2, -0.15) is 0 Å². The van der Waals surface area contributed by atoms with Crippen molar-refractivity contribution in [2.75, 3.05) is 7.11 Å². The number of hydrogen-bond acceptors (Lipinski definition) is 3. The van der Waals surface area contributed by atoms with Gasteiger partial charge in [-0.25, -0.2) is 4.98 Å². The van der Waals surface area contributed by atoms with Crippen molar-refractivity contribution in [2.24, 2.45) is 0 Å². The maximum absolute atomic E-state index is 12.3. The molecule has 0 unspecified atom stereocenters. The standard InChI is InChI=1S/C16H15N3O2/c1-21-16-12(5-3-8-18-16)10-19-15(20)13-6-2-4-11-7-9-17-14(11)13/h2-9,17H,10H2,1H3,(H,19,20). The van der Waals surface area contributed by atoms with E-state index in [0.29, 0.717) is 18.0 Å². The first-order chi connectivity index (χ1) is 10.3. The molecule has 3 aromatic rings. The SMILES string of the molecule is COc1ncccc1CNC(=O)c1cccc2cc[nH]c12. The Morgan fingerprint density at radius 3 is 3.05 bits per heavy atom. The highest BCUT2D eigenvalue weighted by Crippen LogP contribution is 2.17. The molecule has 0 atom stereocenters. The lowest BCUT2D eigenvalue weighted by Crippen LogP contribution is -2.23. The Balaban J connectivity index is 1.79. The van der Waals surface area contributed by atoms with Gasteiger partial charge in [0, 0.05) is 29.9 Å². The number of benzene rings is 1. The molecule has 0 saturated carbocycles. The van der Waals surface area contributed by atoms with Crippen LogP contribution in [0.3, 0.4) is 0 Å². The zero-order chi connectivity index (χ0) is 14.7. The van der Waals surface area contributed by atoms with Gasteiger partial charge in [0.15, 0.2) is 0 Å². The van der Waals surface area contributed by atoms with E-state index < -0.39 is 0 Å². The molecule has 0 aliphatic carbocycles. The third kappa shape index (κ3) is 2.58. The predicted octanol–water partition coefficient (Wildman–Crippen LogP) is 2.50. The molecule has 0 aliphatic rings. The highest BCUT2D eigenvalue weighted by molar-refractivity contribution is 6.05. The van der Waals surface area contributed by atoms with Gasteiger partial charge in [0.2, 0.25) is 5.88 Å². The topological polar surface area (TPSA) is 67.0 Å². The highest BCUT2D eigenvalue weighted by Gasteiger charge is 2.11. The van der Waals surface area contributed by atoms with Gasteiger partial charge in [-0.1, -0.05) is 18.2 Å². The van der Waals surface area contributed by atoms with Crippen LogP contribution >= 0.6 is 0 Å². The number of carbonyl (C=O) groups is 1. The predicted molar refractivity (Wildman–Crippen MR) is 80.3 cm³/mol. The van der Waals surface area contributed by atoms with E-state index in [1.54, 1.807) is 19.4 Å². The van der Waals surface area contributed by atoms with E-state index in [9.17, 15) is 4.79 Å². The number of nitrogens with one attached hydrogen (secondary N) is 2. The van der Waals surface area contributed by atoms with Crippen LogP contribution in [0.15, 0.2) is 48.8 Å². The van der Waals surface area contributed by atoms with Gasteiger partial charge in [0.1, 0.15) is 0 Å². The fraction of sp³-hybridized carbons (Fsp3) is 0.125. The molecular weight excluding hydrogens is 266 g/mol. The number of amides is 1. The maximum Gasteiger partial charge on any atom is 0.253 e. The Bertz CT molecular complexity index is 780. The van der Waals surface area contributed by atoms with Crippen molar-refractivity contribution in [3.63, 3.8) is 0 Å². The van der Waals surface area contributed by atoms with Crippen LogP contribution in [0.25, 0.3) is 10.9 Å². The lowest BCUT2D eigenvalue weighted by Gasteiger charge is -2.09. The van der Waals surface area contributed by atoms with Crippen LogP contribution in [0.2, 0.25) is 0 Å². The number of pyridine rings is 1. The van der Waals surface area contributed by atoms with Gasteiger partial charge in [0.25, 0.3) is 5.91 Å². The normalized spacial score (nSPS) is 10.5. The van der Waals surface area contributed by atoms with Crippen molar-refractivity contribution in [2.45, 2.75) is 6.54 Å². The summed E-state index contributed by atoms with van der Waals surface area (Å²) in [4.78, 5) is 19.5. The van der Waals surface area contributed by atoms with E-state index in [4.69, 9.17) is 4.74 Å². The minimum Gasteiger partial charge on any atom is -0.481 e. The Morgan fingerprint density at radius 1 is 1.29 bits per heavy atom. The lowest BCUT2D eigenvalue weighted by atomic mass is 10.1. The van der Waals surface area contributed by atoms with E-state index in [0.717, 1.165) is 16.5 Å². The first-order valence-corrected chi connectivity index (χ1v) is 6.62. The molecule has 0 fully saturated rings. The third-order valence-electron chi connectivity index (χ3n) is 3.31. The summed E-state index contributed by atoms with van der Waals surface area (Å²) in [5, 5.41) is 3.91. The van der Waals surface area contributed by atoms with Gasteiger partial charge in [-0.3, -0.25) is 4.79 Å². The number of para-hydroxylation sites is 1. The molecule has 5 heteroatoms. The van der Waals surface area contributed by atoms with E-state index in [2.05, 4.69) is 15.3 Å². The number of fused-ring (bicyclic) bond motifs is 1. The van der Waals surface area contributed by atoms with Crippen LogP contribution in [0, 0.1) is 0 Å². The molecule has 0 spiro atoms. The molecule has 1 amide bonds. The van der Waals surface area contributed by atoms with Gasteiger partial charge in [0.05, 0.1) is 18.2 Å². The van der Waals surface area contributed by atoms with Gasteiger partial charge < -0.3 is 15.0 Å². The second-order valence-corrected chi connectivity index (χ2v) is 4.60. The minimum absolute atomic E-state index is 0.131.